The van der Waals surface area contributed by atoms with E-state index in [1.54, 1.807) is 28.6 Å². The third-order valence-corrected chi connectivity index (χ3v) is 8.93. The maximum atomic E-state index is 13.1. The van der Waals surface area contributed by atoms with E-state index in [4.69, 9.17) is 16.0 Å². The molecule has 0 spiro atoms. The lowest BCUT2D eigenvalue weighted by molar-refractivity contribution is 0.281. The first-order valence-electron chi connectivity index (χ1n) is 12.1. The van der Waals surface area contributed by atoms with Crippen LogP contribution in [0.1, 0.15) is 25.5 Å². The molecule has 0 radical (unpaired) electrons. The summed E-state index contributed by atoms with van der Waals surface area (Å²) in [5.74, 6) is 1.10. The number of piperidine rings is 1. The van der Waals surface area contributed by atoms with Gasteiger partial charge < -0.3 is 14.2 Å². The van der Waals surface area contributed by atoms with Crippen molar-refractivity contribution in [2.45, 2.75) is 24.7 Å². The third-order valence-electron chi connectivity index (χ3n) is 6.81. The van der Waals surface area contributed by atoms with Gasteiger partial charge >= 0.3 is 0 Å². The second kappa shape index (κ2) is 10.1. The van der Waals surface area contributed by atoms with Crippen molar-refractivity contribution in [2.24, 2.45) is 5.92 Å². The fourth-order valence-electron chi connectivity index (χ4n) is 4.85. The van der Waals surface area contributed by atoms with Gasteiger partial charge in [-0.05, 0) is 61.2 Å². The first kappa shape index (κ1) is 24.6. The van der Waals surface area contributed by atoms with Crippen LogP contribution < -0.4 is 9.80 Å². The van der Waals surface area contributed by atoms with Gasteiger partial charge in [0.25, 0.3) is 0 Å². The van der Waals surface area contributed by atoms with E-state index in [1.165, 1.54) is 0 Å². The molecule has 10 heteroatoms. The molecule has 2 fully saturated rings. The van der Waals surface area contributed by atoms with Crippen molar-refractivity contribution in [1.82, 2.24) is 9.29 Å². The molecule has 3 heterocycles. The molecule has 0 aliphatic carbocycles. The van der Waals surface area contributed by atoms with E-state index < -0.39 is 10.0 Å². The van der Waals surface area contributed by atoms with Crippen LogP contribution in [0.3, 0.4) is 0 Å². The van der Waals surface area contributed by atoms with Crippen LogP contribution in [0.4, 0.5) is 11.6 Å². The SMILES string of the molecule is C[C@H]1CCCN(S(=O)(=O)c2ccc(-c3nc(C#N)c(N4CCN(c5cccc(Cl)c5)CC4)o3)cc2)C1. The standard InChI is InChI=1S/C26H28ClN5O3S/c1-19-4-3-11-32(18-19)36(33,34)23-9-7-20(8-10-23)25-29-24(17-28)26(35-25)31-14-12-30(13-15-31)22-6-2-5-21(27)16-22/h2,5-10,16,19H,3-4,11-15,18H2,1H3/t19-/m0/s1. The minimum Gasteiger partial charge on any atom is -0.419 e. The van der Waals surface area contributed by atoms with Crippen molar-refractivity contribution in [3.8, 4) is 17.5 Å². The lowest BCUT2D eigenvalue weighted by Crippen LogP contribution is -2.46. The van der Waals surface area contributed by atoms with Crippen LogP contribution in [0.15, 0.2) is 57.8 Å². The minimum absolute atomic E-state index is 0.222. The van der Waals surface area contributed by atoms with Crippen molar-refractivity contribution in [3.05, 3.63) is 59.2 Å². The summed E-state index contributed by atoms with van der Waals surface area (Å²) < 4.78 is 33.7. The number of hydrogen-bond acceptors (Lipinski definition) is 7. The van der Waals surface area contributed by atoms with E-state index in [9.17, 15) is 13.7 Å². The molecule has 2 aliphatic heterocycles. The second-order valence-electron chi connectivity index (χ2n) is 9.37. The summed E-state index contributed by atoms with van der Waals surface area (Å²) in [6, 6.07) is 16.5. The lowest BCUT2D eigenvalue weighted by atomic mass is 10.0. The van der Waals surface area contributed by atoms with E-state index in [0.717, 1.165) is 31.6 Å². The zero-order chi connectivity index (χ0) is 25.3. The average Bonchev–Trinajstić information content (AvgIpc) is 3.33. The first-order valence-corrected chi connectivity index (χ1v) is 13.9. The predicted molar refractivity (Wildman–Crippen MR) is 140 cm³/mol. The van der Waals surface area contributed by atoms with Crippen molar-refractivity contribution in [3.63, 3.8) is 0 Å². The Balaban J connectivity index is 1.31. The van der Waals surface area contributed by atoms with E-state index >= 15 is 0 Å². The maximum Gasteiger partial charge on any atom is 0.243 e. The Kier molecular flexibility index (Phi) is 6.93. The Labute approximate surface area is 216 Å². The molecule has 0 amide bonds. The summed E-state index contributed by atoms with van der Waals surface area (Å²) in [6.45, 7) is 6.01. The van der Waals surface area contributed by atoms with Gasteiger partial charge in [-0.25, -0.2) is 8.42 Å². The average molecular weight is 526 g/mol. The van der Waals surface area contributed by atoms with Gasteiger partial charge in [-0.15, -0.1) is 0 Å². The summed E-state index contributed by atoms with van der Waals surface area (Å²) in [4.78, 5) is 8.91. The molecule has 188 valence electrons. The molecule has 2 saturated heterocycles. The number of hydrogen-bond donors (Lipinski definition) is 0. The fraction of sp³-hybridized carbons (Fsp3) is 0.385. The molecule has 5 rings (SSSR count). The summed E-state index contributed by atoms with van der Waals surface area (Å²) in [5, 5.41) is 10.4. The number of rotatable bonds is 5. The van der Waals surface area contributed by atoms with Gasteiger partial charge in [-0.3, -0.25) is 0 Å². The van der Waals surface area contributed by atoms with Crippen LogP contribution >= 0.6 is 11.6 Å². The number of piperazine rings is 1. The summed E-state index contributed by atoms with van der Waals surface area (Å²) in [7, 11) is -3.54. The summed E-state index contributed by atoms with van der Waals surface area (Å²) in [5.41, 5.74) is 1.91. The maximum absolute atomic E-state index is 13.1. The van der Waals surface area contributed by atoms with Crippen LogP contribution in [0.2, 0.25) is 5.02 Å². The molecule has 3 aromatic rings. The number of sulfonamides is 1. The van der Waals surface area contributed by atoms with E-state index in [1.807, 2.05) is 29.2 Å². The highest BCUT2D eigenvalue weighted by Crippen LogP contribution is 2.31. The van der Waals surface area contributed by atoms with E-state index in [0.29, 0.717) is 54.5 Å². The molecule has 0 saturated carbocycles. The number of nitriles is 1. The monoisotopic (exact) mass is 525 g/mol. The second-order valence-corrected chi connectivity index (χ2v) is 11.7. The van der Waals surface area contributed by atoms with Crippen LogP contribution in [-0.2, 0) is 10.0 Å². The van der Waals surface area contributed by atoms with Crippen LogP contribution in [-0.4, -0.2) is 57.0 Å². The number of nitrogens with zero attached hydrogens (tertiary/aromatic N) is 5. The highest BCUT2D eigenvalue weighted by molar-refractivity contribution is 7.89. The summed E-state index contributed by atoms with van der Waals surface area (Å²) >= 11 is 6.14. The normalized spacial score (nSPS) is 19.3. The van der Waals surface area contributed by atoms with Gasteiger partial charge in [-0.1, -0.05) is 24.6 Å². The van der Waals surface area contributed by atoms with Gasteiger partial charge in [0.1, 0.15) is 6.07 Å². The van der Waals surface area contributed by atoms with Gasteiger partial charge in [0.15, 0.2) is 0 Å². The zero-order valence-corrected chi connectivity index (χ0v) is 21.7. The molecule has 2 aromatic carbocycles. The van der Waals surface area contributed by atoms with Crippen LogP contribution in [0.5, 0.6) is 0 Å². The number of oxazole rings is 1. The topological polar surface area (TPSA) is 93.7 Å². The minimum atomic E-state index is -3.54. The largest absolute Gasteiger partial charge is 0.419 e. The number of anilines is 2. The number of aromatic nitrogens is 1. The van der Waals surface area contributed by atoms with Crippen LogP contribution in [0, 0.1) is 17.2 Å². The van der Waals surface area contributed by atoms with E-state index in [2.05, 4.69) is 22.9 Å². The Morgan fingerprint density at radius 2 is 1.78 bits per heavy atom. The lowest BCUT2D eigenvalue weighted by Gasteiger charge is -2.35. The molecule has 1 atom stereocenters. The van der Waals surface area contributed by atoms with Gasteiger partial charge in [0.05, 0.1) is 4.90 Å². The highest BCUT2D eigenvalue weighted by Gasteiger charge is 2.29. The quantitative estimate of drug-likeness (QED) is 0.480. The fourth-order valence-corrected chi connectivity index (χ4v) is 6.63. The van der Waals surface area contributed by atoms with Crippen LogP contribution in [0.25, 0.3) is 11.5 Å². The van der Waals surface area contributed by atoms with Crippen molar-refractivity contribution >= 4 is 33.2 Å². The van der Waals surface area contributed by atoms with E-state index in [-0.39, 0.29) is 10.6 Å². The molecule has 0 unspecified atom stereocenters. The third kappa shape index (κ3) is 4.94. The van der Waals surface area contributed by atoms with Crippen molar-refractivity contribution in [1.29, 1.82) is 5.26 Å². The first-order chi connectivity index (χ1) is 17.3. The summed E-state index contributed by atoms with van der Waals surface area (Å²) in [6.07, 6.45) is 1.93. The molecular formula is C26H28ClN5O3S. The predicted octanol–water partition coefficient (Wildman–Crippen LogP) is 4.61. The van der Waals surface area contributed by atoms with Gasteiger partial charge in [0, 0.05) is 55.5 Å². The zero-order valence-electron chi connectivity index (χ0n) is 20.1. The molecule has 36 heavy (non-hydrogen) atoms. The number of benzene rings is 2. The molecule has 0 N–H and O–H groups in total. The Morgan fingerprint density at radius 1 is 1.06 bits per heavy atom. The molecule has 2 aliphatic rings. The van der Waals surface area contributed by atoms with Gasteiger partial charge in [0.2, 0.25) is 27.5 Å². The molecule has 1 aromatic heterocycles. The Bertz CT molecular complexity index is 1380. The van der Waals surface area contributed by atoms with Gasteiger partial charge in [-0.2, -0.15) is 14.6 Å². The van der Waals surface area contributed by atoms with Crippen molar-refractivity contribution in [2.75, 3.05) is 49.1 Å². The highest BCUT2D eigenvalue weighted by atomic mass is 35.5. The molecular weight excluding hydrogens is 498 g/mol. The van der Waals surface area contributed by atoms with Crippen molar-refractivity contribution < 1.29 is 12.8 Å². The number of halogens is 1. The Morgan fingerprint density at radius 3 is 2.44 bits per heavy atom. The smallest absolute Gasteiger partial charge is 0.243 e. The molecule has 0 bridgehead atoms. The Hall–Kier alpha value is -3.06. The molecule has 8 nitrogen and oxygen atoms in total.